The average molecular weight is 357 g/mol. The lowest BCUT2D eigenvalue weighted by molar-refractivity contribution is 0.414. The lowest BCUT2D eigenvalue weighted by Crippen LogP contribution is -1.99. The van der Waals surface area contributed by atoms with Crippen molar-refractivity contribution in [3.05, 3.63) is 71.3 Å². The molecule has 2 heteroatoms. The second-order valence-corrected chi connectivity index (χ2v) is 6.45. The molecule has 1 unspecified atom stereocenters. The molecule has 0 bridgehead atoms. The normalized spacial score (nSPS) is 17.4. The molecule has 3 rings (SSSR count). The fourth-order valence-electron chi connectivity index (χ4n) is 3.35. The van der Waals surface area contributed by atoms with E-state index in [4.69, 9.17) is 4.74 Å². The van der Waals surface area contributed by atoms with Crippen LogP contribution in [0.25, 0.3) is 5.57 Å². The highest BCUT2D eigenvalue weighted by atomic mass is 79.9. The summed E-state index contributed by atoms with van der Waals surface area (Å²) in [5.74, 6) is 1.43. The van der Waals surface area contributed by atoms with Gasteiger partial charge in [-0.05, 0) is 53.7 Å². The summed E-state index contributed by atoms with van der Waals surface area (Å²) in [7, 11) is 1.73. The van der Waals surface area contributed by atoms with Gasteiger partial charge in [0.2, 0.25) is 0 Å². The van der Waals surface area contributed by atoms with Crippen molar-refractivity contribution in [3.63, 3.8) is 0 Å². The molecule has 0 heterocycles. The molecular weight excluding hydrogens is 336 g/mol. The van der Waals surface area contributed by atoms with Gasteiger partial charge in [-0.25, -0.2) is 0 Å². The minimum Gasteiger partial charge on any atom is -0.497 e. The third kappa shape index (κ3) is 3.12. The number of ether oxygens (including phenoxy) is 1. The fourth-order valence-corrected chi connectivity index (χ4v) is 3.58. The van der Waals surface area contributed by atoms with E-state index in [1.807, 2.05) is 6.07 Å². The van der Waals surface area contributed by atoms with E-state index in [9.17, 15) is 0 Å². The van der Waals surface area contributed by atoms with E-state index < -0.39 is 0 Å². The minimum atomic E-state index is 0.502. The van der Waals surface area contributed by atoms with Crippen molar-refractivity contribution < 1.29 is 4.74 Å². The van der Waals surface area contributed by atoms with Gasteiger partial charge in [-0.3, -0.25) is 0 Å². The van der Waals surface area contributed by atoms with E-state index in [1.54, 1.807) is 7.11 Å². The second-order valence-electron chi connectivity index (χ2n) is 5.66. The van der Waals surface area contributed by atoms with Crippen LogP contribution in [0.5, 0.6) is 5.75 Å². The molecule has 1 aliphatic rings. The molecule has 2 aromatic rings. The molecule has 2 aromatic carbocycles. The number of benzene rings is 2. The zero-order chi connectivity index (χ0) is 15.4. The molecule has 0 saturated heterocycles. The summed E-state index contributed by atoms with van der Waals surface area (Å²) in [6.45, 7) is 0. The van der Waals surface area contributed by atoms with Crippen molar-refractivity contribution in [2.75, 3.05) is 12.4 Å². The predicted octanol–water partition coefficient (Wildman–Crippen LogP) is 5.59. The van der Waals surface area contributed by atoms with Crippen LogP contribution in [-0.4, -0.2) is 12.4 Å². The van der Waals surface area contributed by atoms with Gasteiger partial charge in [-0.1, -0.05) is 58.4 Å². The first kappa shape index (κ1) is 15.4. The van der Waals surface area contributed by atoms with Crippen LogP contribution in [-0.2, 0) is 6.42 Å². The van der Waals surface area contributed by atoms with Gasteiger partial charge in [0.15, 0.2) is 0 Å². The number of hydrogen-bond acceptors (Lipinski definition) is 1. The fraction of sp³-hybridized carbons (Fsp3) is 0.300. The van der Waals surface area contributed by atoms with Crippen molar-refractivity contribution in [1.29, 1.82) is 0 Å². The largest absolute Gasteiger partial charge is 0.497 e. The molecular formula is C20H21BrO. The van der Waals surface area contributed by atoms with Crippen LogP contribution in [0.4, 0.5) is 0 Å². The summed E-state index contributed by atoms with van der Waals surface area (Å²) in [6, 6.07) is 17.3. The summed E-state index contributed by atoms with van der Waals surface area (Å²) >= 11 is 3.55. The Kier molecular flexibility index (Phi) is 4.99. The highest BCUT2D eigenvalue weighted by Gasteiger charge is 2.25. The molecule has 0 fully saturated rings. The third-order valence-corrected chi connectivity index (χ3v) is 4.84. The molecule has 114 valence electrons. The maximum atomic E-state index is 5.41. The molecule has 1 nitrogen and oxygen atoms in total. The van der Waals surface area contributed by atoms with Crippen LogP contribution in [0.2, 0.25) is 0 Å². The van der Waals surface area contributed by atoms with E-state index in [-0.39, 0.29) is 0 Å². The molecule has 0 aromatic heterocycles. The second kappa shape index (κ2) is 7.15. The Morgan fingerprint density at radius 3 is 2.91 bits per heavy atom. The Morgan fingerprint density at radius 2 is 2.09 bits per heavy atom. The molecule has 0 N–H and O–H groups in total. The average Bonchev–Trinajstić information content (AvgIpc) is 3.00. The summed E-state index contributed by atoms with van der Waals surface area (Å²) in [4.78, 5) is 0. The van der Waals surface area contributed by atoms with Gasteiger partial charge < -0.3 is 4.74 Å². The van der Waals surface area contributed by atoms with Gasteiger partial charge in [0.25, 0.3) is 0 Å². The van der Waals surface area contributed by atoms with E-state index in [0.717, 1.165) is 17.5 Å². The number of hydrogen-bond donors (Lipinski definition) is 0. The molecule has 0 aliphatic heterocycles. The molecule has 0 amide bonds. The van der Waals surface area contributed by atoms with Gasteiger partial charge in [0.1, 0.15) is 5.75 Å². The van der Waals surface area contributed by atoms with Gasteiger partial charge in [-0.2, -0.15) is 0 Å². The van der Waals surface area contributed by atoms with Crippen molar-refractivity contribution in [1.82, 2.24) is 0 Å². The molecule has 0 saturated carbocycles. The Labute approximate surface area is 141 Å². The van der Waals surface area contributed by atoms with E-state index in [1.165, 1.54) is 35.1 Å². The number of aryl methyl sites for hydroxylation is 1. The Morgan fingerprint density at radius 1 is 1.23 bits per heavy atom. The quantitative estimate of drug-likeness (QED) is 0.634. The number of methoxy groups -OCH3 is 1. The third-order valence-electron chi connectivity index (χ3n) is 4.38. The lowest BCUT2D eigenvalue weighted by atomic mass is 9.87. The smallest absolute Gasteiger partial charge is 0.119 e. The van der Waals surface area contributed by atoms with E-state index >= 15 is 0 Å². The Hall–Kier alpha value is -1.54. The van der Waals surface area contributed by atoms with Crippen molar-refractivity contribution in [2.45, 2.75) is 25.2 Å². The van der Waals surface area contributed by atoms with E-state index in [0.29, 0.717) is 5.92 Å². The standard InChI is InChI=1S/C20H21BrO/c1-22-17-8-4-7-16(14-17)19(10-5-13-21)20-12-11-15-6-2-3-9-18(15)20/h2-4,6-10,14,20H,5,11-13H2,1H3/b19-10-. The maximum Gasteiger partial charge on any atom is 0.119 e. The van der Waals surface area contributed by atoms with Crippen molar-refractivity contribution in [2.24, 2.45) is 0 Å². The maximum absolute atomic E-state index is 5.41. The predicted molar refractivity (Wildman–Crippen MR) is 96.9 cm³/mol. The Bertz CT molecular complexity index is 675. The van der Waals surface area contributed by atoms with E-state index in [2.05, 4.69) is 64.5 Å². The SMILES string of the molecule is COc1cccc(/C(=C/CCBr)C2CCc3ccccc32)c1. The van der Waals surface area contributed by atoms with Crippen molar-refractivity contribution >= 4 is 21.5 Å². The van der Waals surface area contributed by atoms with Crippen LogP contribution in [0.3, 0.4) is 0 Å². The molecule has 0 spiro atoms. The Balaban J connectivity index is 2.01. The summed E-state index contributed by atoms with van der Waals surface area (Å²) < 4.78 is 5.41. The van der Waals surface area contributed by atoms with Crippen LogP contribution < -0.4 is 4.74 Å². The van der Waals surface area contributed by atoms with Gasteiger partial charge in [0, 0.05) is 11.2 Å². The summed E-state index contributed by atoms with van der Waals surface area (Å²) in [6.07, 6.45) is 5.81. The molecule has 1 aliphatic carbocycles. The molecule has 1 atom stereocenters. The number of rotatable bonds is 5. The zero-order valence-electron chi connectivity index (χ0n) is 12.9. The number of allylic oxidation sites excluding steroid dienone is 2. The van der Waals surface area contributed by atoms with Gasteiger partial charge >= 0.3 is 0 Å². The highest BCUT2D eigenvalue weighted by Crippen LogP contribution is 2.43. The van der Waals surface area contributed by atoms with Crippen LogP contribution in [0, 0.1) is 0 Å². The number of halogens is 1. The van der Waals surface area contributed by atoms with Crippen LogP contribution in [0.1, 0.15) is 35.4 Å². The summed E-state index contributed by atoms with van der Waals surface area (Å²) in [5.41, 5.74) is 5.71. The first-order valence-corrected chi connectivity index (χ1v) is 8.94. The minimum absolute atomic E-state index is 0.502. The first-order chi connectivity index (χ1) is 10.8. The monoisotopic (exact) mass is 356 g/mol. The number of alkyl halides is 1. The van der Waals surface area contributed by atoms with Crippen LogP contribution >= 0.6 is 15.9 Å². The van der Waals surface area contributed by atoms with Crippen molar-refractivity contribution in [3.8, 4) is 5.75 Å². The highest BCUT2D eigenvalue weighted by molar-refractivity contribution is 9.09. The lowest BCUT2D eigenvalue weighted by Gasteiger charge is -2.18. The zero-order valence-corrected chi connectivity index (χ0v) is 14.5. The first-order valence-electron chi connectivity index (χ1n) is 7.81. The van der Waals surface area contributed by atoms with Gasteiger partial charge in [-0.15, -0.1) is 0 Å². The number of fused-ring (bicyclic) bond motifs is 1. The van der Waals surface area contributed by atoms with Gasteiger partial charge in [0.05, 0.1) is 7.11 Å². The summed E-state index contributed by atoms with van der Waals surface area (Å²) in [5, 5.41) is 0.995. The molecule has 22 heavy (non-hydrogen) atoms. The molecule has 0 radical (unpaired) electrons. The van der Waals surface area contributed by atoms with Crippen LogP contribution in [0.15, 0.2) is 54.6 Å². The topological polar surface area (TPSA) is 9.23 Å².